The van der Waals surface area contributed by atoms with Gasteiger partial charge in [-0.3, -0.25) is 0 Å². The van der Waals surface area contributed by atoms with E-state index in [4.69, 9.17) is 4.74 Å². The summed E-state index contributed by atoms with van der Waals surface area (Å²) >= 11 is 0. The Kier molecular flexibility index (Phi) is 4.78. The molecule has 1 unspecified atom stereocenters. The van der Waals surface area contributed by atoms with E-state index in [2.05, 4.69) is 41.5 Å². The van der Waals surface area contributed by atoms with Gasteiger partial charge in [0.15, 0.2) is 11.6 Å². The third-order valence-corrected chi connectivity index (χ3v) is 2.99. The van der Waals surface area contributed by atoms with Crippen molar-refractivity contribution in [2.75, 3.05) is 11.9 Å². The van der Waals surface area contributed by atoms with Gasteiger partial charge in [-0.1, -0.05) is 37.3 Å². The molecule has 0 spiro atoms. The Bertz CT molecular complexity index is 499. The minimum atomic E-state index is 0.246. The van der Waals surface area contributed by atoms with Crippen molar-refractivity contribution >= 4 is 5.82 Å². The lowest BCUT2D eigenvalue weighted by atomic mass is 10.0. The third-order valence-electron chi connectivity index (χ3n) is 2.99. The van der Waals surface area contributed by atoms with Gasteiger partial charge in [0.2, 0.25) is 0 Å². The molecule has 0 amide bonds. The van der Waals surface area contributed by atoms with Crippen LogP contribution in [0.5, 0.6) is 5.75 Å². The SMILES string of the molecule is CCOc1cccnc1NC(CC)c1ccccc1. The Morgan fingerprint density at radius 1 is 1.11 bits per heavy atom. The predicted octanol–water partition coefficient (Wildman–Crippen LogP) is 4.04. The molecule has 1 N–H and O–H groups in total. The highest BCUT2D eigenvalue weighted by Crippen LogP contribution is 2.27. The van der Waals surface area contributed by atoms with Crippen molar-refractivity contribution in [3.8, 4) is 5.75 Å². The Morgan fingerprint density at radius 3 is 2.58 bits per heavy atom. The minimum Gasteiger partial charge on any atom is -0.490 e. The van der Waals surface area contributed by atoms with Gasteiger partial charge in [0.1, 0.15) is 0 Å². The maximum Gasteiger partial charge on any atom is 0.169 e. The van der Waals surface area contributed by atoms with Crippen LogP contribution in [0.25, 0.3) is 0 Å². The summed E-state index contributed by atoms with van der Waals surface area (Å²) in [4.78, 5) is 4.37. The number of aromatic nitrogens is 1. The number of hydrogen-bond acceptors (Lipinski definition) is 3. The first-order valence-corrected chi connectivity index (χ1v) is 6.74. The highest BCUT2D eigenvalue weighted by atomic mass is 16.5. The van der Waals surface area contributed by atoms with Gasteiger partial charge in [-0.05, 0) is 31.0 Å². The molecule has 2 rings (SSSR count). The number of hydrogen-bond donors (Lipinski definition) is 1. The second-order valence-electron chi connectivity index (χ2n) is 4.30. The molecule has 0 saturated carbocycles. The van der Waals surface area contributed by atoms with Gasteiger partial charge in [-0.15, -0.1) is 0 Å². The van der Waals surface area contributed by atoms with Gasteiger partial charge in [0.05, 0.1) is 12.6 Å². The van der Waals surface area contributed by atoms with E-state index in [1.165, 1.54) is 5.56 Å². The molecule has 1 aromatic carbocycles. The van der Waals surface area contributed by atoms with Gasteiger partial charge >= 0.3 is 0 Å². The third kappa shape index (κ3) is 3.47. The molecule has 1 heterocycles. The number of pyridine rings is 1. The molecule has 0 aliphatic heterocycles. The number of ether oxygens (including phenoxy) is 1. The number of nitrogens with zero attached hydrogens (tertiary/aromatic N) is 1. The van der Waals surface area contributed by atoms with Gasteiger partial charge in [0.25, 0.3) is 0 Å². The molecule has 1 aromatic heterocycles. The summed E-state index contributed by atoms with van der Waals surface area (Å²) in [6, 6.07) is 14.5. The van der Waals surface area contributed by atoms with E-state index >= 15 is 0 Å². The van der Waals surface area contributed by atoms with Crippen LogP contribution in [-0.2, 0) is 0 Å². The minimum absolute atomic E-state index is 0.246. The summed E-state index contributed by atoms with van der Waals surface area (Å²) in [5.41, 5.74) is 1.26. The second kappa shape index (κ2) is 6.78. The van der Waals surface area contributed by atoms with Crippen molar-refractivity contribution < 1.29 is 4.74 Å². The largest absolute Gasteiger partial charge is 0.490 e. The Hall–Kier alpha value is -2.03. The zero-order valence-electron chi connectivity index (χ0n) is 11.5. The molecular weight excluding hydrogens is 236 g/mol. The molecular formula is C16H20N2O. The van der Waals surface area contributed by atoms with E-state index in [0.29, 0.717) is 6.61 Å². The van der Waals surface area contributed by atoms with E-state index in [-0.39, 0.29) is 6.04 Å². The smallest absolute Gasteiger partial charge is 0.169 e. The van der Waals surface area contributed by atoms with E-state index < -0.39 is 0 Å². The quantitative estimate of drug-likeness (QED) is 0.846. The number of benzene rings is 1. The van der Waals surface area contributed by atoms with Crippen LogP contribution in [0.1, 0.15) is 31.9 Å². The molecule has 3 heteroatoms. The first-order valence-electron chi connectivity index (χ1n) is 6.74. The highest BCUT2D eigenvalue weighted by molar-refractivity contribution is 5.51. The summed E-state index contributed by atoms with van der Waals surface area (Å²) in [5, 5.41) is 3.46. The van der Waals surface area contributed by atoms with Crippen LogP contribution in [0.2, 0.25) is 0 Å². The Morgan fingerprint density at radius 2 is 1.89 bits per heavy atom. The van der Waals surface area contributed by atoms with E-state index in [1.54, 1.807) is 6.20 Å². The molecule has 0 bridgehead atoms. The standard InChI is InChI=1S/C16H20N2O/c1-3-14(13-9-6-5-7-10-13)18-16-15(19-4-2)11-8-12-17-16/h5-12,14H,3-4H2,1-2H3,(H,17,18). The zero-order valence-corrected chi connectivity index (χ0v) is 11.5. The average Bonchev–Trinajstić information content (AvgIpc) is 2.47. The van der Waals surface area contributed by atoms with Crippen LogP contribution in [0.15, 0.2) is 48.7 Å². The van der Waals surface area contributed by atoms with Gasteiger partial charge in [-0.2, -0.15) is 0 Å². The first-order chi connectivity index (χ1) is 9.35. The van der Waals surface area contributed by atoms with Gasteiger partial charge in [-0.25, -0.2) is 4.98 Å². The molecule has 0 fully saturated rings. The normalized spacial score (nSPS) is 11.9. The monoisotopic (exact) mass is 256 g/mol. The lowest BCUT2D eigenvalue weighted by molar-refractivity contribution is 0.340. The zero-order chi connectivity index (χ0) is 13.5. The molecule has 0 saturated heterocycles. The molecule has 19 heavy (non-hydrogen) atoms. The van der Waals surface area contributed by atoms with Crippen LogP contribution in [0.4, 0.5) is 5.82 Å². The maximum atomic E-state index is 5.59. The highest BCUT2D eigenvalue weighted by Gasteiger charge is 2.12. The molecule has 0 aliphatic rings. The Balaban J connectivity index is 2.19. The van der Waals surface area contributed by atoms with Crippen molar-refractivity contribution in [2.45, 2.75) is 26.3 Å². The average molecular weight is 256 g/mol. The van der Waals surface area contributed by atoms with Gasteiger partial charge < -0.3 is 10.1 Å². The number of anilines is 1. The lowest BCUT2D eigenvalue weighted by Gasteiger charge is -2.19. The van der Waals surface area contributed by atoms with Crippen LogP contribution >= 0.6 is 0 Å². The summed E-state index contributed by atoms with van der Waals surface area (Å²) in [6.07, 6.45) is 2.77. The Labute approximate surface area is 114 Å². The summed E-state index contributed by atoms with van der Waals surface area (Å²) < 4.78 is 5.59. The van der Waals surface area contributed by atoms with E-state index in [9.17, 15) is 0 Å². The molecule has 0 radical (unpaired) electrons. The molecule has 2 aromatic rings. The summed E-state index contributed by atoms with van der Waals surface area (Å²) in [7, 11) is 0. The molecule has 1 atom stereocenters. The van der Waals surface area contributed by atoms with E-state index in [1.807, 2.05) is 25.1 Å². The summed E-state index contributed by atoms with van der Waals surface area (Å²) in [5.74, 6) is 1.61. The van der Waals surface area contributed by atoms with Crippen molar-refractivity contribution in [1.82, 2.24) is 4.98 Å². The second-order valence-corrected chi connectivity index (χ2v) is 4.30. The topological polar surface area (TPSA) is 34.1 Å². The number of rotatable bonds is 6. The van der Waals surface area contributed by atoms with Crippen molar-refractivity contribution in [3.63, 3.8) is 0 Å². The molecule has 100 valence electrons. The maximum absolute atomic E-state index is 5.59. The molecule has 3 nitrogen and oxygen atoms in total. The first kappa shape index (κ1) is 13.4. The lowest BCUT2D eigenvalue weighted by Crippen LogP contribution is -2.11. The van der Waals surface area contributed by atoms with E-state index in [0.717, 1.165) is 18.0 Å². The van der Waals surface area contributed by atoms with Crippen LogP contribution in [-0.4, -0.2) is 11.6 Å². The number of nitrogens with one attached hydrogen (secondary N) is 1. The van der Waals surface area contributed by atoms with Crippen molar-refractivity contribution in [3.05, 3.63) is 54.2 Å². The fraction of sp³-hybridized carbons (Fsp3) is 0.312. The molecule has 0 aliphatic carbocycles. The summed E-state index contributed by atoms with van der Waals surface area (Å²) in [6.45, 7) is 4.78. The van der Waals surface area contributed by atoms with Crippen molar-refractivity contribution in [1.29, 1.82) is 0 Å². The predicted molar refractivity (Wildman–Crippen MR) is 78.5 cm³/mol. The fourth-order valence-electron chi connectivity index (χ4n) is 2.04. The van der Waals surface area contributed by atoms with Crippen LogP contribution in [0, 0.1) is 0 Å². The van der Waals surface area contributed by atoms with Crippen molar-refractivity contribution in [2.24, 2.45) is 0 Å². The fourth-order valence-corrected chi connectivity index (χ4v) is 2.04. The van der Waals surface area contributed by atoms with Crippen LogP contribution in [0.3, 0.4) is 0 Å². The van der Waals surface area contributed by atoms with Crippen LogP contribution < -0.4 is 10.1 Å². The van der Waals surface area contributed by atoms with Gasteiger partial charge in [0, 0.05) is 6.20 Å².